The highest BCUT2D eigenvalue weighted by Gasteiger charge is 2.67. The third-order valence-corrected chi connectivity index (χ3v) is 4.42. The van der Waals surface area contributed by atoms with Crippen LogP contribution in [-0.4, -0.2) is 46.8 Å². The van der Waals surface area contributed by atoms with E-state index >= 15 is 0 Å². The van der Waals surface area contributed by atoms with Crippen molar-refractivity contribution in [1.29, 1.82) is 0 Å². The predicted octanol–water partition coefficient (Wildman–Crippen LogP) is 1.05. The van der Waals surface area contributed by atoms with Crippen LogP contribution in [0.3, 0.4) is 0 Å². The van der Waals surface area contributed by atoms with Gasteiger partial charge < -0.3 is 15.3 Å². The Bertz CT molecular complexity index is 435. The largest absolute Gasteiger partial charge is 0.465 e. The van der Waals surface area contributed by atoms with Gasteiger partial charge in [0, 0.05) is 19.0 Å². The first-order valence-corrected chi connectivity index (χ1v) is 6.12. The fourth-order valence-corrected chi connectivity index (χ4v) is 2.99. The van der Waals surface area contributed by atoms with Crippen molar-refractivity contribution < 1.29 is 27.9 Å². The molecular formula is C11H13F3N2O3. The number of carbonyl (C=O) groups excluding carboxylic acids is 1. The highest BCUT2D eigenvalue weighted by atomic mass is 19.4. The van der Waals surface area contributed by atoms with Gasteiger partial charge in [0.25, 0.3) is 0 Å². The molecule has 19 heavy (non-hydrogen) atoms. The summed E-state index contributed by atoms with van der Waals surface area (Å²) >= 11 is 0. The van der Waals surface area contributed by atoms with Crippen LogP contribution in [0.25, 0.3) is 0 Å². The molecule has 0 aromatic heterocycles. The van der Waals surface area contributed by atoms with E-state index in [2.05, 4.69) is 5.32 Å². The Kier molecular flexibility index (Phi) is 2.34. The summed E-state index contributed by atoms with van der Waals surface area (Å²) < 4.78 is 38.1. The van der Waals surface area contributed by atoms with Gasteiger partial charge >= 0.3 is 12.3 Å². The molecule has 0 spiro atoms. The lowest BCUT2D eigenvalue weighted by Gasteiger charge is -2.22. The monoisotopic (exact) mass is 278 g/mol. The Morgan fingerprint density at radius 1 is 1.21 bits per heavy atom. The second-order valence-corrected chi connectivity index (χ2v) is 5.61. The zero-order chi connectivity index (χ0) is 14.0. The molecule has 8 heteroatoms. The van der Waals surface area contributed by atoms with E-state index < -0.39 is 29.6 Å². The summed E-state index contributed by atoms with van der Waals surface area (Å²) in [6, 6.07) is 0. The summed E-state index contributed by atoms with van der Waals surface area (Å²) in [5.74, 6) is -1.24. The van der Waals surface area contributed by atoms with Crippen LogP contribution in [0.1, 0.15) is 12.8 Å². The van der Waals surface area contributed by atoms with Gasteiger partial charge in [-0.25, -0.2) is 4.79 Å². The normalized spacial score (nSPS) is 34.7. The second-order valence-electron chi connectivity index (χ2n) is 5.61. The van der Waals surface area contributed by atoms with E-state index in [9.17, 15) is 22.8 Å². The van der Waals surface area contributed by atoms with E-state index in [0.717, 1.165) is 0 Å². The fraction of sp³-hybridized carbons (Fsp3) is 0.818. The number of hydrogen-bond donors (Lipinski definition) is 2. The number of hydrogen-bond acceptors (Lipinski definition) is 2. The van der Waals surface area contributed by atoms with Gasteiger partial charge in [-0.3, -0.25) is 4.79 Å². The molecule has 0 bridgehead atoms. The molecule has 3 aliphatic rings. The van der Waals surface area contributed by atoms with E-state index in [1.165, 1.54) is 4.90 Å². The van der Waals surface area contributed by atoms with Crippen LogP contribution in [0.2, 0.25) is 0 Å². The van der Waals surface area contributed by atoms with Gasteiger partial charge in [-0.05, 0) is 24.7 Å². The molecule has 1 heterocycles. The van der Waals surface area contributed by atoms with Crippen molar-refractivity contribution >= 4 is 12.0 Å². The number of nitrogens with zero attached hydrogens (tertiary/aromatic N) is 1. The first-order chi connectivity index (χ1) is 8.75. The molecule has 2 N–H and O–H groups in total. The van der Waals surface area contributed by atoms with E-state index in [4.69, 9.17) is 5.11 Å². The number of halogens is 3. The van der Waals surface area contributed by atoms with Gasteiger partial charge in [-0.2, -0.15) is 13.2 Å². The molecule has 2 saturated carbocycles. The van der Waals surface area contributed by atoms with Gasteiger partial charge in [-0.15, -0.1) is 0 Å². The van der Waals surface area contributed by atoms with Crippen LogP contribution >= 0.6 is 0 Å². The number of nitrogens with one attached hydrogen (secondary N) is 1. The molecule has 0 radical (unpaired) electrons. The zero-order valence-electron chi connectivity index (χ0n) is 9.91. The van der Waals surface area contributed by atoms with E-state index in [1.54, 1.807) is 0 Å². The van der Waals surface area contributed by atoms with E-state index in [1.807, 2.05) is 0 Å². The van der Waals surface area contributed by atoms with Crippen molar-refractivity contribution in [2.75, 3.05) is 13.1 Å². The maximum atomic E-state index is 12.7. The van der Waals surface area contributed by atoms with Crippen LogP contribution < -0.4 is 5.32 Å². The Labute approximate surface area is 106 Å². The molecule has 5 nitrogen and oxygen atoms in total. The average Bonchev–Trinajstić information content (AvgIpc) is 3.15. The van der Waals surface area contributed by atoms with Crippen LogP contribution in [-0.2, 0) is 4.79 Å². The van der Waals surface area contributed by atoms with Gasteiger partial charge in [-0.1, -0.05) is 0 Å². The molecule has 1 saturated heterocycles. The fourth-order valence-electron chi connectivity index (χ4n) is 2.99. The molecule has 1 aliphatic heterocycles. The summed E-state index contributed by atoms with van der Waals surface area (Å²) in [5, 5.41) is 10.9. The van der Waals surface area contributed by atoms with Gasteiger partial charge in [0.1, 0.15) is 5.54 Å². The molecule has 106 valence electrons. The first kappa shape index (κ1) is 12.6. The molecule has 3 fully saturated rings. The molecule has 2 amide bonds. The minimum absolute atomic E-state index is 0.0639. The highest BCUT2D eigenvalue weighted by Crippen LogP contribution is 2.54. The minimum atomic E-state index is -4.40. The van der Waals surface area contributed by atoms with Crippen LogP contribution in [0, 0.1) is 17.8 Å². The summed E-state index contributed by atoms with van der Waals surface area (Å²) in [7, 11) is 0. The molecule has 1 unspecified atom stereocenters. The maximum absolute atomic E-state index is 12.7. The topological polar surface area (TPSA) is 69.6 Å². The standard InChI is InChI=1S/C11H13F3N2O3/c12-11(13,14)10(1-2-10)15-8(17)7-5-3-16(9(18)19)4-6(5)7/h5-7H,1-4H2,(H,15,17)(H,18,19)/t5-,6+,7?. The number of fused-ring (bicyclic) bond motifs is 1. The minimum Gasteiger partial charge on any atom is -0.465 e. The van der Waals surface area contributed by atoms with Crippen molar-refractivity contribution in [2.24, 2.45) is 17.8 Å². The summed E-state index contributed by atoms with van der Waals surface area (Å²) in [6.45, 7) is 0.494. The number of rotatable bonds is 2. The quantitative estimate of drug-likeness (QED) is 0.793. The second kappa shape index (κ2) is 3.55. The van der Waals surface area contributed by atoms with Gasteiger partial charge in [0.15, 0.2) is 0 Å². The zero-order valence-corrected chi connectivity index (χ0v) is 9.91. The number of alkyl halides is 3. The maximum Gasteiger partial charge on any atom is 0.411 e. The third-order valence-electron chi connectivity index (χ3n) is 4.42. The van der Waals surface area contributed by atoms with Crippen LogP contribution in [0.4, 0.5) is 18.0 Å². The van der Waals surface area contributed by atoms with Crippen LogP contribution in [0.15, 0.2) is 0 Å². The van der Waals surface area contributed by atoms with Crippen molar-refractivity contribution in [1.82, 2.24) is 10.2 Å². The third kappa shape index (κ3) is 1.84. The first-order valence-electron chi connectivity index (χ1n) is 6.12. The highest BCUT2D eigenvalue weighted by molar-refractivity contribution is 5.84. The summed E-state index contributed by atoms with van der Waals surface area (Å²) in [5.41, 5.74) is -2.02. The smallest absolute Gasteiger partial charge is 0.411 e. The molecule has 0 aromatic carbocycles. The molecule has 2 aliphatic carbocycles. The Balaban J connectivity index is 1.57. The van der Waals surface area contributed by atoms with Crippen LogP contribution in [0.5, 0.6) is 0 Å². The van der Waals surface area contributed by atoms with Crippen molar-refractivity contribution in [3.05, 3.63) is 0 Å². The number of piperidine rings is 1. The average molecular weight is 278 g/mol. The van der Waals surface area contributed by atoms with E-state index in [-0.39, 0.29) is 37.8 Å². The number of carbonyl (C=O) groups is 2. The molecular weight excluding hydrogens is 265 g/mol. The lowest BCUT2D eigenvalue weighted by molar-refractivity contribution is -0.171. The van der Waals surface area contributed by atoms with Gasteiger partial charge in [0.2, 0.25) is 5.91 Å². The number of amides is 2. The lowest BCUT2D eigenvalue weighted by Crippen LogP contribution is -2.49. The Morgan fingerprint density at radius 3 is 2.11 bits per heavy atom. The summed E-state index contributed by atoms with van der Waals surface area (Å²) in [4.78, 5) is 23.7. The lowest BCUT2D eigenvalue weighted by atomic mass is 10.2. The SMILES string of the molecule is O=C(NC1(C(F)(F)F)CC1)C1[C@H]2CN(C(=O)O)C[C@@H]12. The van der Waals surface area contributed by atoms with Gasteiger partial charge in [0.05, 0.1) is 0 Å². The summed E-state index contributed by atoms with van der Waals surface area (Å²) in [6.07, 6.45) is -5.57. The number of likely N-dealkylation sites (tertiary alicyclic amines) is 1. The number of carboxylic acid groups (broad SMARTS) is 1. The Morgan fingerprint density at radius 2 is 1.74 bits per heavy atom. The predicted molar refractivity (Wildman–Crippen MR) is 56.2 cm³/mol. The van der Waals surface area contributed by atoms with E-state index in [0.29, 0.717) is 0 Å². The molecule has 3 atom stereocenters. The van der Waals surface area contributed by atoms with Crippen molar-refractivity contribution in [3.63, 3.8) is 0 Å². The van der Waals surface area contributed by atoms with Crippen molar-refractivity contribution in [3.8, 4) is 0 Å². The van der Waals surface area contributed by atoms with Crippen molar-refractivity contribution in [2.45, 2.75) is 24.6 Å². The molecule has 3 rings (SSSR count). The molecule has 0 aromatic rings. The Hall–Kier alpha value is -1.47.